The summed E-state index contributed by atoms with van der Waals surface area (Å²) in [5, 5.41) is 10.8. The van der Waals surface area contributed by atoms with Crippen LogP contribution in [-0.2, 0) is 4.79 Å². The average molecular weight is 367 g/mol. The summed E-state index contributed by atoms with van der Waals surface area (Å²) in [7, 11) is 1.64. The highest BCUT2D eigenvalue weighted by atomic mass is 16.6. The molecule has 140 valence electrons. The van der Waals surface area contributed by atoms with Gasteiger partial charge in [-0.05, 0) is 23.8 Å². The maximum absolute atomic E-state index is 12.4. The molecule has 0 saturated carbocycles. The zero-order valence-electron chi connectivity index (χ0n) is 15.1. The Kier molecular flexibility index (Phi) is 5.71. The zero-order valence-corrected chi connectivity index (χ0v) is 15.1. The molecule has 2 aromatic rings. The van der Waals surface area contributed by atoms with Gasteiger partial charge >= 0.3 is 0 Å². The van der Waals surface area contributed by atoms with Crippen LogP contribution in [0.15, 0.2) is 54.6 Å². The quantitative estimate of drug-likeness (QED) is 0.461. The van der Waals surface area contributed by atoms with Crippen LogP contribution in [0.3, 0.4) is 0 Å². The number of amides is 1. The summed E-state index contributed by atoms with van der Waals surface area (Å²) >= 11 is 0. The molecule has 0 spiro atoms. The van der Waals surface area contributed by atoms with Crippen molar-refractivity contribution in [1.82, 2.24) is 4.90 Å². The molecular weight excluding hydrogens is 346 g/mol. The Morgan fingerprint density at radius 1 is 1.11 bits per heavy atom. The predicted molar refractivity (Wildman–Crippen MR) is 104 cm³/mol. The molecule has 27 heavy (non-hydrogen) atoms. The van der Waals surface area contributed by atoms with Crippen LogP contribution in [0, 0.1) is 10.1 Å². The minimum Gasteiger partial charge on any atom is -0.497 e. The molecule has 1 amide bonds. The minimum absolute atomic E-state index is 0.0107. The Labute approximate surface area is 157 Å². The highest BCUT2D eigenvalue weighted by Crippen LogP contribution is 2.22. The van der Waals surface area contributed by atoms with E-state index in [9.17, 15) is 14.9 Å². The lowest BCUT2D eigenvalue weighted by Crippen LogP contribution is -2.48. The van der Waals surface area contributed by atoms with E-state index in [-0.39, 0.29) is 11.6 Å². The van der Waals surface area contributed by atoms with Gasteiger partial charge in [-0.15, -0.1) is 0 Å². The molecule has 1 aliphatic rings. The van der Waals surface area contributed by atoms with Crippen LogP contribution >= 0.6 is 0 Å². The number of benzene rings is 2. The lowest BCUT2D eigenvalue weighted by molar-refractivity contribution is -0.384. The maximum Gasteiger partial charge on any atom is 0.270 e. The lowest BCUT2D eigenvalue weighted by Gasteiger charge is -2.35. The van der Waals surface area contributed by atoms with Crippen molar-refractivity contribution in [2.75, 3.05) is 38.2 Å². The van der Waals surface area contributed by atoms with Crippen molar-refractivity contribution in [3.63, 3.8) is 0 Å². The Morgan fingerprint density at radius 3 is 2.56 bits per heavy atom. The number of hydrogen-bond acceptors (Lipinski definition) is 5. The van der Waals surface area contributed by atoms with E-state index in [4.69, 9.17) is 4.74 Å². The number of rotatable bonds is 5. The van der Waals surface area contributed by atoms with Crippen molar-refractivity contribution in [3.05, 3.63) is 70.3 Å². The van der Waals surface area contributed by atoms with Gasteiger partial charge < -0.3 is 14.5 Å². The predicted octanol–water partition coefficient (Wildman–Crippen LogP) is 2.97. The van der Waals surface area contributed by atoms with Crippen molar-refractivity contribution >= 4 is 23.4 Å². The van der Waals surface area contributed by atoms with E-state index in [1.54, 1.807) is 30.2 Å². The van der Waals surface area contributed by atoms with Crippen molar-refractivity contribution < 1.29 is 14.5 Å². The van der Waals surface area contributed by atoms with E-state index < -0.39 is 4.92 Å². The van der Waals surface area contributed by atoms with E-state index in [1.165, 1.54) is 18.2 Å². The highest BCUT2D eigenvalue weighted by Gasteiger charge is 2.20. The van der Waals surface area contributed by atoms with Gasteiger partial charge in [0, 0.05) is 56.1 Å². The fraction of sp³-hybridized carbons (Fsp3) is 0.250. The number of carbonyl (C=O) groups excluding carboxylic acids is 1. The lowest BCUT2D eigenvalue weighted by atomic mass is 10.2. The highest BCUT2D eigenvalue weighted by molar-refractivity contribution is 5.92. The van der Waals surface area contributed by atoms with Crippen molar-refractivity contribution in [3.8, 4) is 5.75 Å². The summed E-state index contributed by atoms with van der Waals surface area (Å²) in [4.78, 5) is 26.8. The second-order valence-electron chi connectivity index (χ2n) is 6.20. The molecule has 0 aliphatic carbocycles. The van der Waals surface area contributed by atoms with Crippen LogP contribution in [0.25, 0.3) is 6.08 Å². The Bertz CT molecular complexity index is 858. The molecule has 0 radical (unpaired) electrons. The molecular formula is C20H21N3O4. The van der Waals surface area contributed by atoms with E-state index in [1.807, 2.05) is 24.3 Å². The summed E-state index contributed by atoms with van der Waals surface area (Å²) in [6, 6.07) is 14.1. The number of ether oxygens (including phenoxy) is 1. The molecule has 1 aliphatic heterocycles. The van der Waals surface area contributed by atoms with Gasteiger partial charge in [-0.25, -0.2) is 0 Å². The summed E-state index contributed by atoms with van der Waals surface area (Å²) < 4.78 is 5.26. The van der Waals surface area contributed by atoms with Crippen LogP contribution < -0.4 is 9.64 Å². The summed E-state index contributed by atoms with van der Waals surface area (Å²) in [5.41, 5.74) is 1.72. The second-order valence-corrected chi connectivity index (χ2v) is 6.20. The van der Waals surface area contributed by atoms with Crippen molar-refractivity contribution in [2.45, 2.75) is 0 Å². The number of methoxy groups -OCH3 is 1. The van der Waals surface area contributed by atoms with E-state index in [0.717, 1.165) is 24.5 Å². The molecule has 0 aromatic heterocycles. The molecule has 7 nitrogen and oxygen atoms in total. The van der Waals surface area contributed by atoms with Gasteiger partial charge in [-0.3, -0.25) is 14.9 Å². The first-order valence-corrected chi connectivity index (χ1v) is 8.67. The maximum atomic E-state index is 12.4. The second kappa shape index (κ2) is 8.35. The number of piperazine rings is 1. The Hall–Kier alpha value is -3.35. The van der Waals surface area contributed by atoms with Crippen LogP contribution in [-0.4, -0.2) is 49.0 Å². The average Bonchev–Trinajstić information content (AvgIpc) is 2.72. The van der Waals surface area contributed by atoms with Crippen LogP contribution in [0.1, 0.15) is 5.56 Å². The first-order valence-electron chi connectivity index (χ1n) is 8.67. The molecule has 0 atom stereocenters. The van der Waals surface area contributed by atoms with Crippen LogP contribution in [0.4, 0.5) is 11.4 Å². The number of nitrogens with zero attached hydrogens (tertiary/aromatic N) is 3. The van der Waals surface area contributed by atoms with Crippen molar-refractivity contribution in [2.24, 2.45) is 0 Å². The Balaban J connectivity index is 1.58. The monoisotopic (exact) mass is 367 g/mol. The first-order chi connectivity index (χ1) is 13.1. The summed E-state index contributed by atoms with van der Waals surface area (Å²) in [5.74, 6) is 0.720. The van der Waals surface area contributed by atoms with Gasteiger partial charge in [0.25, 0.3) is 5.69 Å². The number of anilines is 1. The molecule has 1 saturated heterocycles. The first kappa shape index (κ1) is 18.4. The topological polar surface area (TPSA) is 75.9 Å². The molecule has 3 rings (SSSR count). The number of nitro groups is 1. The number of nitro benzene ring substituents is 1. The van der Waals surface area contributed by atoms with Gasteiger partial charge in [-0.1, -0.05) is 18.2 Å². The van der Waals surface area contributed by atoms with E-state index in [0.29, 0.717) is 18.7 Å². The SMILES string of the molecule is COc1cccc(N2CCN(C(=O)/C=C/c3cccc([N+](=O)[O-])c3)CC2)c1. The smallest absolute Gasteiger partial charge is 0.270 e. The van der Waals surface area contributed by atoms with Gasteiger partial charge in [0.2, 0.25) is 5.91 Å². The van der Waals surface area contributed by atoms with E-state index in [2.05, 4.69) is 4.90 Å². The largest absolute Gasteiger partial charge is 0.497 e. The number of non-ortho nitro benzene ring substituents is 1. The van der Waals surface area contributed by atoms with Gasteiger partial charge in [0.15, 0.2) is 0 Å². The minimum atomic E-state index is -0.447. The standard InChI is InChI=1S/C20H21N3O4/c1-27-19-7-3-5-17(15-19)21-10-12-22(13-11-21)20(24)9-8-16-4-2-6-18(14-16)23(25)26/h2-9,14-15H,10-13H2,1H3/b9-8+. The fourth-order valence-corrected chi connectivity index (χ4v) is 3.01. The zero-order chi connectivity index (χ0) is 19.2. The van der Waals surface area contributed by atoms with Crippen molar-refractivity contribution in [1.29, 1.82) is 0 Å². The van der Waals surface area contributed by atoms with Gasteiger partial charge in [0.1, 0.15) is 5.75 Å². The van der Waals surface area contributed by atoms with Gasteiger partial charge in [0.05, 0.1) is 12.0 Å². The fourth-order valence-electron chi connectivity index (χ4n) is 3.01. The molecule has 0 N–H and O–H groups in total. The Morgan fingerprint density at radius 2 is 1.85 bits per heavy atom. The molecule has 7 heteroatoms. The third-order valence-electron chi connectivity index (χ3n) is 4.51. The molecule has 1 fully saturated rings. The third kappa shape index (κ3) is 4.63. The summed E-state index contributed by atoms with van der Waals surface area (Å²) in [6.07, 6.45) is 3.09. The molecule has 0 bridgehead atoms. The molecule has 0 unspecified atom stereocenters. The molecule has 1 heterocycles. The molecule has 2 aromatic carbocycles. The normalized spacial score (nSPS) is 14.4. The number of carbonyl (C=O) groups is 1. The third-order valence-corrected chi connectivity index (χ3v) is 4.51. The van der Waals surface area contributed by atoms with Crippen LogP contribution in [0.2, 0.25) is 0 Å². The van der Waals surface area contributed by atoms with Gasteiger partial charge in [-0.2, -0.15) is 0 Å². The van der Waals surface area contributed by atoms with Crippen LogP contribution in [0.5, 0.6) is 5.75 Å². The number of hydrogen-bond donors (Lipinski definition) is 0. The summed E-state index contributed by atoms with van der Waals surface area (Å²) in [6.45, 7) is 2.72. The van der Waals surface area contributed by atoms with E-state index >= 15 is 0 Å².